The van der Waals surface area contributed by atoms with Gasteiger partial charge in [-0.2, -0.15) is 17.0 Å². The van der Waals surface area contributed by atoms with Crippen molar-refractivity contribution in [3.63, 3.8) is 0 Å². The minimum absolute atomic E-state index is 0.662. The maximum Gasteiger partial charge on any atom is 0.0890 e. The summed E-state index contributed by atoms with van der Waals surface area (Å²) in [6, 6.07) is 10.1. The number of nitrogens with zero attached hydrogens (tertiary/aromatic N) is 3. The Morgan fingerprint density at radius 3 is 2.63 bits per heavy atom. The molecule has 3 nitrogen and oxygen atoms in total. The van der Waals surface area contributed by atoms with Crippen LogP contribution < -0.4 is 0 Å². The molecule has 0 radical (unpaired) electrons. The Hall–Kier alpha value is -1.60. The van der Waals surface area contributed by atoms with E-state index in [1.165, 1.54) is 0 Å². The van der Waals surface area contributed by atoms with Crippen molar-refractivity contribution in [2.75, 3.05) is 5.75 Å². The summed E-state index contributed by atoms with van der Waals surface area (Å²) >= 11 is 1.87. The molecule has 0 aliphatic rings. The van der Waals surface area contributed by atoms with Crippen molar-refractivity contribution in [2.45, 2.75) is 31.9 Å². The van der Waals surface area contributed by atoms with E-state index in [4.69, 9.17) is 5.26 Å². The fourth-order valence-corrected chi connectivity index (χ4v) is 2.86. The zero-order valence-corrected chi connectivity index (χ0v) is 11.9. The standard InChI is InChI=1S/C15H17N3S/c1-12-15(11-19-10-6-2-5-9-16)18-14-8-4-3-7-13(14)17-12/h3-4,7-8H,2,5-6,10-11H2,1H3. The summed E-state index contributed by atoms with van der Waals surface area (Å²) in [6.45, 7) is 2.02. The van der Waals surface area contributed by atoms with Crippen molar-refractivity contribution in [1.29, 1.82) is 5.26 Å². The van der Waals surface area contributed by atoms with Crippen molar-refractivity contribution in [3.8, 4) is 6.07 Å². The van der Waals surface area contributed by atoms with Crippen LogP contribution in [0.5, 0.6) is 0 Å². The Labute approximate surface area is 118 Å². The van der Waals surface area contributed by atoms with Crippen LogP contribution in [0.3, 0.4) is 0 Å². The highest BCUT2D eigenvalue weighted by molar-refractivity contribution is 7.98. The van der Waals surface area contributed by atoms with E-state index in [9.17, 15) is 0 Å². The molecule has 0 fully saturated rings. The number of benzene rings is 1. The number of nitriles is 1. The van der Waals surface area contributed by atoms with Gasteiger partial charge in [0.2, 0.25) is 0 Å². The molecule has 1 heterocycles. The predicted octanol–water partition coefficient (Wildman–Crippen LogP) is 3.87. The number of fused-ring (bicyclic) bond motifs is 1. The second kappa shape index (κ2) is 7.10. The molecule has 2 rings (SSSR count). The third kappa shape index (κ3) is 3.93. The SMILES string of the molecule is Cc1nc2ccccc2nc1CSCCCCC#N. The van der Waals surface area contributed by atoms with E-state index in [1.807, 2.05) is 43.0 Å². The third-order valence-electron chi connectivity index (χ3n) is 2.91. The van der Waals surface area contributed by atoms with Gasteiger partial charge in [0.15, 0.2) is 0 Å². The van der Waals surface area contributed by atoms with E-state index in [0.717, 1.165) is 46.8 Å². The molecular weight excluding hydrogens is 254 g/mol. The molecule has 4 heteroatoms. The molecule has 0 saturated heterocycles. The van der Waals surface area contributed by atoms with Gasteiger partial charge in [0.1, 0.15) is 0 Å². The second-order valence-corrected chi connectivity index (χ2v) is 5.52. The Morgan fingerprint density at radius 2 is 1.89 bits per heavy atom. The third-order valence-corrected chi connectivity index (χ3v) is 3.96. The summed E-state index contributed by atoms with van der Waals surface area (Å²) in [5.41, 5.74) is 4.02. The van der Waals surface area contributed by atoms with Crippen LogP contribution in [0.1, 0.15) is 30.7 Å². The van der Waals surface area contributed by atoms with Crippen LogP contribution in [-0.2, 0) is 5.75 Å². The first-order chi connectivity index (χ1) is 9.31. The number of hydrogen-bond acceptors (Lipinski definition) is 4. The van der Waals surface area contributed by atoms with Gasteiger partial charge in [-0.05, 0) is 37.7 Å². The van der Waals surface area contributed by atoms with Crippen LogP contribution in [0.4, 0.5) is 0 Å². The van der Waals surface area contributed by atoms with Gasteiger partial charge >= 0.3 is 0 Å². The summed E-state index contributed by atoms with van der Waals surface area (Å²) in [5, 5.41) is 8.46. The Bertz CT molecular complexity index is 589. The van der Waals surface area contributed by atoms with Crippen LogP contribution in [-0.4, -0.2) is 15.7 Å². The fourth-order valence-electron chi connectivity index (χ4n) is 1.84. The smallest absolute Gasteiger partial charge is 0.0890 e. The van der Waals surface area contributed by atoms with Crippen LogP contribution >= 0.6 is 11.8 Å². The normalized spacial score (nSPS) is 10.5. The first-order valence-electron chi connectivity index (χ1n) is 6.48. The van der Waals surface area contributed by atoms with Gasteiger partial charge in [-0.15, -0.1) is 0 Å². The van der Waals surface area contributed by atoms with E-state index < -0.39 is 0 Å². The summed E-state index contributed by atoms with van der Waals surface area (Å²) in [4.78, 5) is 9.26. The number of aryl methyl sites for hydroxylation is 1. The molecule has 0 atom stereocenters. The number of thioether (sulfide) groups is 1. The van der Waals surface area contributed by atoms with Crippen LogP contribution in [0.25, 0.3) is 11.0 Å². The summed E-state index contributed by atoms with van der Waals surface area (Å²) in [5.74, 6) is 1.98. The van der Waals surface area contributed by atoms with E-state index in [1.54, 1.807) is 0 Å². The minimum Gasteiger partial charge on any atom is -0.250 e. The van der Waals surface area contributed by atoms with Gasteiger partial charge < -0.3 is 0 Å². The lowest BCUT2D eigenvalue weighted by Gasteiger charge is -2.06. The lowest BCUT2D eigenvalue weighted by molar-refractivity contribution is 0.830. The molecular formula is C15H17N3S. The Balaban J connectivity index is 1.93. The molecule has 0 saturated carbocycles. The van der Waals surface area contributed by atoms with Crippen molar-refractivity contribution >= 4 is 22.8 Å². The molecule has 0 amide bonds. The highest BCUT2D eigenvalue weighted by Gasteiger charge is 2.04. The molecule has 0 spiro atoms. The zero-order chi connectivity index (χ0) is 13.5. The maximum absolute atomic E-state index is 8.46. The van der Waals surface area contributed by atoms with E-state index >= 15 is 0 Å². The maximum atomic E-state index is 8.46. The lowest BCUT2D eigenvalue weighted by atomic mass is 10.2. The highest BCUT2D eigenvalue weighted by atomic mass is 32.2. The number of para-hydroxylation sites is 2. The van der Waals surface area contributed by atoms with Gasteiger partial charge in [0.25, 0.3) is 0 Å². The monoisotopic (exact) mass is 271 g/mol. The fraction of sp³-hybridized carbons (Fsp3) is 0.400. The van der Waals surface area contributed by atoms with Gasteiger partial charge in [0.05, 0.1) is 28.5 Å². The summed E-state index contributed by atoms with van der Waals surface area (Å²) in [6.07, 6.45) is 2.75. The van der Waals surface area contributed by atoms with Crippen molar-refractivity contribution in [2.24, 2.45) is 0 Å². The van der Waals surface area contributed by atoms with E-state index in [0.29, 0.717) is 6.42 Å². The van der Waals surface area contributed by atoms with Crippen molar-refractivity contribution in [3.05, 3.63) is 35.7 Å². The first kappa shape index (κ1) is 13.8. The summed E-state index contributed by atoms with van der Waals surface area (Å²) < 4.78 is 0. The summed E-state index contributed by atoms with van der Waals surface area (Å²) in [7, 11) is 0. The molecule has 1 aromatic heterocycles. The average molecular weight is 271 g/mol. The molecule has 0 aliphatic carbocycles. The molecule has 1 aromatic carbocycles. The van der Waals surface area contributed by atoms with Crippen molar-refractivity contribution < 1.29 is 0 Å². The van der Waals surface area contributed by atoms with Crippen LogP contribution in [0.15, 0.2) is 24.3 Å². The molecule has 2 aromatic rings. The number of rotatable bonds is 6. The number of unbranched alkanes of at least 4 members (excludes halogenated alkanes) is 2. The largest absolute Gasteiger partial charge is 0.250 e. The first-order valence-corrected chi connectivity index (χ1v) is 7.63. The van der Waals surface area contributed by atoms with Crippen LogP contribution in [0.2, 0.25) is 0 Å². The minimum atomic E-state index is 0.662. The molecule has 0 unspecified atom stereocenters. The second-order valence-electron chi connectivity index (χ2n) is 4.41. The molecule has 98 valence electrons. The topological polar surface area (TPSA) is 49.6 Å². The van der Waals surface area contributed by atoms with Gasteiger partial charge in [0, 0.05) is 12.2 Å². The molecule has 0 bridgehead atoms. The Morgan fingerprint density at radius 1 is 1.16 bits per heavy atom. The zero-order valence-electron chi connectivity index (χ0n) is 11.1. The molecule has 0 aliphatic heterocycles. The lowest BCUT2D eigenvalue weighted by Crippen LogP contribution is -1.97. The quantitative estimate of drug-likeness (QED) is 0.748. The van der Waals surface area contributed by atoms with Gasteiger partial charge in [-0.1, -0.05) is 12.1 Å². The van der Waals surface area contributed by atoms with E-state index in [-0.39, 0.29) is 0 Å². The van der Waals surface area contributed by atoms with E-state index in [2.05, 4.69) is 16.0 Å². The van der Waals surface area contributed by atoms with Crippen molar-refractivity contribution in [1.82, 2.24) is 9.97 Å². The van der Waals surface area contributed by atoms with Gasteiger partial charge in [-0.3, -0.25) is 0 Å². The molecule has 0 N–H and O–H groups in total. The number of aromatic nitrogens is 2. The van der Waals surface area contributed by atoms with Gasteiger partial charge in [-0.25, -0.2) is 9.97 Å². The Kier molecular flexibility index (Phi) is 5.17. The molecule has 19 heavy (non-hydrogen) atoms. The highest BCUT2D eigenvalue weighted by Crippen LogP contribution is 2.18. The average Bonchev–Trinajstić information content (AvgIpc) is 2.43. The van der Waals surface area contributed by atoms with Crippen LogP contribution in [0, 0.1) is 18.3 Å². The predicted molar refractivity (Wildman–Crippen MR) is 79.9 cm³/mol. The number of hydrogen-bond donors (Lipinski definition) is 0.